The fraction of sp³-hybridized carbons (Fsp3) is 0.379. The molecular weight excluding hydrogens is 406 g/mol. The summed E-state index contributed by atoms with van der Waals surface area (Å²) >= 11 is 0. The molecule has 1 aliphatic heterocycles. The molecule has 1 fully saturated rings. The van der Waals surface area contributed by atoms with Gasteiger partial charge < -0.3 is 9.47 Å². The SMILES string of the molecule is Cc1ccc(-c2ccc(CCC(=O)N3CCC[C@H](C)C3)n2-c2ccc(CC#N)cc2)c(C)c1. The quantitative estimate of drug-likeness (QED) is 0.472. The van der Waals surface area contributed by atoms with Crippen LogP contribution in [0.15, 0.2) is 54.6 Å². The number of rotatable bonds is 6. The van der Waals surface area contributed by atoms with E-state index in [0.29, 0.717) is 25.2 Å². The molecule has 2 heterocycles. The molecule has 33 heavy (non-hydrogen) atoms. The Morgan fingerprint density at radius 1 is 1.09 bits per heavy atom. The number of hydrogen-bond acceptors (Lipinski definition) is 2. The molecule has 1 saturated heterocycles. The van der Waals surface area contributed by atoms with Crippen molar-refractivity contribution in [1.29, 1.82) is 5.26 Å². The Bertz CT molecular complexity index is 1170. The molecule has 0 radical (unpaired) electrons. The molecule has 4 heteroatoms. The van der Waals surface area contributed by atoms with Gasteiger partial charge in [-0.3, -0.25) is 4.79 Å². The fourth-order valence-corrected chi connectivity index (χ4v) is 4.95. The number of piperidine rings is 1. The normalized spacial score (nSPS) is 15.9. The Hall–Kier alpha value is -3.32. The van der Waals surface area contributed by atoms with Crippen molar-refractivity contribution in [1.82, 2.24) is 9.47 Å². The largest absolute Gasteiger partial charge is 0.342 e. The van der Waals surface area contributed by atoms with E-state index in [0.717, 1.165) is 42.1 Å². The number of carbonyl (C=O) groups excluding carboxylic acids is 1. The first kappa shape index (κ1) is 22.9. The van der Waals surface area contributed by atoms with Crippen molar-refractivity contribution < 1.29 is 4.79 Å². The first-order chi connectivity index (χ1) is 16.0. The van der Waals surface area contributed by atoms with Crippen molar-refractivity contribution in [2.75, 3.05) is 13.1 Å². The lowest BCUT2D eigenvalue weighted by Crippen LogP contribution is -2.39. The van der Waals surface area contributed by atoms with Crippen LogP contribution in [0.4, 0.5) is 0 Å². The topological polar surface area (TPSA) is 49.0 Å². The Labute approximate surface area is 197 Å². The summed E-state index contributed by atoms with van der Waals surface area (Å²) in [4.78, 5) is 15.0. The summed E-state index contributed by atoms with van der Waals surface area (Å²) in [6, 6.07) is 21.3. The number of likely N-dealkylation sites (tertiary alicyclic amines) is 1. The molecule has 0 aliphatic carbocycles. The van der Waals surface area contributed by atoms with Gasteiger partial charge in [0.25, 0.3) is 0 Å². The van der Waals surface area contributed by atoms with Gasteiger partial charge in [0.15, 0.2) is 0 Å². The van der Waals surface area contributed by atoms with E-state index in [1.54, 1.807) is 0 Å². The van der Waals surface area contributed by atoms with Gasteiger partial charge in [-0.1, -0.05) is 42.8 Å². The molecule has 2 aromatic carbocycles. The zero-order chi connectivity index (χ0) is 23.4. The maximum atomic E-state index is 12.9. The minimum Gasteiger partial charge on any atom is -0.342 e. The smallest absolute Gasteiger partial charge is 0.222 e. The summed E-state index contributed by atoms with van der Waals surface area (Å²) in [6.45, 7) is 8.27. The molecule has 1 amide bonds. The zero-order valence-electron chi connectivity index (χ0n) is 20.0. The Kier molecular flexibility index (Phi) is 6.99. The van der Waals surface area contributed by atoms with Crippen molar-refractivity contribution in [3.8, 4) is 23.0 Å². The van der Waals surface area contributed by atoms with Crippen LogP contribution in [0, 0.1) is 31.1 Å². The van der Waals surface area contributed by atoms with E-state index in [1.165, 1.54) is 23.1 Å². The third-order valence-corrected chi connectivity index (χ3v) is 6.70. The van der Waals surface area contributed by atoms with Crippen LogP contribution in [0.1, 0.15) is 48.6 Å². The van der Waals surface area contributed by atoms with Crippen LogP contribution in [-0.2, 0) is 17.6 Å². The number of hydrogen-bond donors (Lipinski definition) is 0. The van der Waals surface area contributed by atoms with E-state index in [9.17, 15) is 4.79 Å². The Morgan fingerprint density at radius 3 is 2.58 bits per heavy atom. The van der Waals surface area contributed by atoms with E-state index in [2.05, 4.69) is 73.9 Å². The highest BCUT2D eigenvalue weighted by atomic mass is 16.2. The van der Waals surface area contributed by atoms with Gasteiger partial charge in [0, 0.05) is 36.5 Å². The van der Waals surface area contributed by atoms with Crippen LogP contribution < -0.4 is 0 Å². The van der Waals surface area contributed by atoms with Crippen molar-refractivity contribution >= 4 is 5.91 Å². The number of nitriles is 1. The monoisotopic (exact) mass is 439 g/mol. The minimum atomic E-state index is 0.256. The summed E-state index contributed by atoms with van der Waals surface area (Å²) in [6.07, 6.45) is 3.96. The molecule has 0 N–H and O–H groups in total. The number of benzene rings is 2. The second kappa shape index (κ2) is 10.1. The fourth-order valence-electron chi connectivity index (χ4n) is 4.95. The molecule has 1 aromatic heterocycles. The molecule has 1 aliphatic rings. The number of carbonyl (C=O) groups is 1. The molecule has 1 atom stereocenters. The van der Waals surface area contributed by atoms with Gasteiger partial charge in [-0.2, -0.15) is 5.26 Å². The van der Waals surface area contributed by atoms with Gasteiger partial charge in [-0.05, 0) is 74.4 Å². The number of aromatic nitrogens is 1. The zero-order valence-corrected chi connectivity index (χ0v) is 20.0. The number of nitrogens with zero attached hydrogens (tertiary/aromatic N) is 3. The van der Waals surface area contributed by atoms with Gasteiger partial charge >= 0.3 is 0 Å². The Morgan fingerprint density at radius 2 is 1.88 bits per heavy atom. The third kappa shape index (κ3) is 5.20. The van der Waals surface area contributed by atoms with E-state index in [4.69, 9.17) is 5.26 Å². The predicted molar refractivity (Wildman–Crippen MR) is 133 cm³/mol. The number of aryl methyl sites for hydroxylation is 3. The average Bonchev–Trinajstić information content (AvgIpc) is 3.22. The van der Waals surface area contributed by atoms with Gasteiger partial charge in [0.2, 0.25) is 5.91 Å². The highest BCUT2D eigenvalue weighted by molar-refractivity contribution is 5.77. The maximum Gasteiger partial charge on any atom is 0.222 e. The third-order valence-electron chi connectivity index (χ3n) is 6.70. The molecular formula is C29H33N3O. The van der Waals surface area contributed by atoms with Crippen LogP contribution >= 0.6 is 0 Å². The first-order valence-electron chi connectivity index (χ1n) is 12.0. The van der Waals surface area contributed by atoms with Gasteiger partial charge in [0.1, 0.15) is 0 Å². The average molecular weight is 440 g/mol. The number of amides is 1. The maximum absolute atomic E-state index is 12.9. The summed E-state index contributed by atoms with van der Waals surface area (Å²) in [5.74, 6) is 0.848. The standard InChI is InChI=1S/C29H33N3O/c1-21-6-13-27(23(3)19-21)28-14-11-26(12-15-29(33)31-18-4-5-22(2)20-31)32(28)25-9-7-24(8-10-25)16-17-30/h6-11,13-14,19,22H,4-5,12,15-16,18,20H2,1-3H3/t22-/m0/s1. The second-order valence-corrected chi connectivity index (χ2v) is 9.45. The lowest BCUT2D eigenvalue weighted by Gasteiger charge is -2.31. The second-order valence-electron chi connectivity index (χ2n) is 9.45. The van der Waals surface area contributed by atoms with Crippen LogP contribution in [0.5, 0.6) is 0 Å². The molecule has 0 bridgehead atoms. The minimum absolute atomic E-state index is 0.256. The Balaban J connectivity index is 1.66. The van der Waals surface area contributed by atoms with E-state index in [-0.39, 0.29) is 5.91 Å². The van der Waals surface area contributed by atoms with Crippen molar-refractivity contribution in [2.45, 2.75) is 52.9 Å². The van der Waals surface area contributed by atoms with Crippen molar-refractivity contribution in [2.24, 2.45) is 5.92 Å². The highest BCUT2D eigenvalue weighted by Crippen LogP contribution is 2.30. The lowest BCUT2D eigenvalue weighted by atomic mass is 10.00. The molecule has 4 nitrogen and oxygen atoms in total. The molecule has 0 saturated carbocycles. The summed E-state index contributed by atoms with van der Waals surface area (Å²) in [7, 11) is 0. The van der Waals surface area contributed by atoms with E-state index < -0.39 is 0 Å². The molecule has 0 unspecified atom stereocenters. The van der Waals surface area contributed by atoms with Crippen LogP contribution in [0.3, 0.4) is 0 Å². The lowest BCUT2D eigenvalue weighted by molar-refractivity contribution is -0.132. The molecule has 3 aromatic rings. The van der Waals surface area contributed by atoms with Crippen molar-refractivity contribution in [3.63, 3.8) is 0 Å². The van der Waals surface area contributed by atoms with Gasteiger partial charge in [-0.25, -0.2) is 0 Å². The van der Waals surface area contributed by atoms with Crippen LogP contribution in [0.25, 0.3) is 16.9 Å². The molecule has 4 rings (SSSR count). The van der Waals surface area contributed by atoms with Crippen LogP contribution in [-0.4, -0.2) is 28.5 Å². The summed E-state index contributed by atoms with van der Waals surface area (Å²) in [5.41, 5.74) is 8.02. The van der Waals surface area contributed by atoms with Gasteiger partial charge in [-0.15, -0.1) is 0 Å². The van der Waals surface area contributed by atoms with Gasteiger partial charge in [0.05, 0.1) is 18.2 Å². The van der Waals surface area contributed by atoms with Crippen LogP contribution in [0.2, 0.25) is 0 Å². The van der Waals surface area contributed by atoms with E-state index >= 15 is 0 Å². The van der Waals surface area contributed by atoms with E-state index in [1.807, 2.05) is 17.0 Å². The van der Waals surface area contributed by atoms with Crippen molar-refractivity contribution in [3.05, 3.63) is 77.0 Å². The summed E-state index contributed by atoms with van der Waals surface area (Å²) < 4.78 is 2.28. The first-order valence-corrected chi connectivity index (χ1v) is 12.0. The highest BCUT2D eigenvalue weighted by Gasteiger charge is 2.21. The molecule has 170 valence electrons. The summed E-state index contributed by atoms with van der Waals surface area (Å²) in [5, 5.41) is 9.02. The predicted octanol–water partition coefficient (Wildman–Crippen LogP) is 6.02. The molecule has 0 spiro atoms.